The third-order valence-corrected chi connectivity index (χ3v) is 4.47. The molecule has 0 fully saturated rings. The number of nitrogens with zero attached hydrogens (tertiary/aromatic N) is 1. The van der Waals surface area contributed by atoms with Crippen LogP contribution in [0, 0.1) is 12.3 Å². The molecule has 25 heavy (non-hydrogen) atoms. The predicted octanol–water partition coefficient (Wildman–Crippen LogP) is 4.02. The van der Waals surface area contributed by atoms with E-state index in [1.807, 2.05) is 36.4 Å². The van der Waals surface area contributed by atoms with Crippen LogP contribution in [0.1, 0.15) is 28.8 Å². The Morgan fingerprint density at radius 3 is 3.08 bits per heavy atom. The molecule has 4 nitrogen and oxygen atoms in total. The summed E-state index contributed by atoms with van der Waals surface area (Å²) in [7, 11) is 0. The van der Waals surface area contributed by atoms with Crippen LogP contribution in [0.5, 0.6) is 5.75 Å². The average Bonchev–Trinajstić information content (AvgIpc) is 3.11. The summed E-state index contributed by atoms with van der Waals surface area (Å²) in [5.41, 5.74) is 4.32. The zero-order valence-corrected chi connectivity index (χ0v) is 14.5. The highest BCUT2D eigenvalue weighted by atomic mass is 32.1. The number of aromatic nitrogens is 1. The lowest BCUT2D eigenvalue weighted by atomic mass is 10.2. The van der Waals surface area contributed by atoms with Gasteiger partial charge >= 0.3 is 0 Å². The Morgan fingerprint density at radius 1 is 1.28 bits per heavy atom. The molecular weight excluding hydrogens is 332 g/mol. The first kappa shape index (κ1) is 17.0. The van der Waals surface area contributed by atoms with Gasteiger partial charge in [-0.05, 0) is 42.3 Å². The fourth-order valence-corrected chi connectivity index (χ4v) is 3.11. The summed E-state index contributed by atoms with van der Waals surface area (Å²) in [6, 6.07) is 13.2. The molecule has 0 radical (unpaired) electrons. The number of benzene rings is 2. The summed E-state index contributed by atoms with van der Waals surface area (Å²) in [6.07, 6.45) is 6.76. The molecule has 0 atom stereocenters. The minimum Gasteiger partial charge on any atom is -0.494 e. The van der Waals surface area contributed by atoms with Crippen LogP contribution in [0.25, 0.3) is 10.2 Å². The topological polar surface area (TPSA) is 51.2 Å². The Labute approximate surface area is 150 Å². The van der Waals surface area contributed by atoms with Gasteiger partial charge in [-0.1, -0.05) is 12.1 Å². The molecule has 3 aromatic rings. The van der Waals surface area contributed by atoms with Crippen molar-refractivity contribution in [3.63, 3.8) is 0 Å². The molecule has 1 heterocycles. The maximum Gasteiger partial charge on any atom is 0.251 e. The van der Waals surface area contributed by atoms with Crippen molar-refractivity contribution < 1.29 is 9.53 Å². The molecule has 0 aliphatic rings. The lowest BCUT2D eigenvalue weighted by molar-refractivity contribution is 0.0951. The largest absolute Gasteiger partial charge is 0.494 e. The van der Waals surface area contributed by atoms with E-state index >= 15 is 0 Å². The van der Waals surface area contributed by atoms with Crippen molar-refractivity contribution in [1.29, 1.82) is 0 Å². The number of ether oxygens (including phenoxy) is 1. The van der Waals surface area contributed by atoms with Gasteiger partial charge in [-0.15, -0.1) is 23.7 Å². The zero-order chi connectivity index (χ0) is 17.5. The molecule has 0 aliphatic carbocycles. The third kappa shape index (κ3) is 4.59. The molecule has 0 spiro atoms. The second kappa shape index (κ2) is 8.32. The molecule has 3 rings (SSSR count). The number of carbonyl (C=O) groups excluding carboxylic acids is 1. The fourth-order valence-electron chi connectivity index (χ4n) is 2.39. The molecule has 126 valence electrons. The predicted molar refractivity (Wildman–Crippen MR) is 101 cm³/mol. The molecule has 0 saturated carbocycles. The van der Waals surface area contributed by atoms with Crippen molar-refractivity contribution in [1.82, 2.24) is 10.3 Å². The standard InChI is InChI=1S/C20H18N2O2S/c1-2-3-4-10-24-17-7-5-6-15(11-17)13-21-20(23)16-8-9-18-19(12-16)25-14-22-18/h1,5-9,11-12,14H,3-4,10,13H2,(H,21,23). The van der Waals surface area contributed by atoms with Gasteiger partial charge in [0.25, 0.3) is 5.91 Å². The van der Waals surface area contributed by atoms with Crippen LogP contribution in [0.4, 0.5) is 0 Å². The minimum absolute atomic E-state index is 0.101. The maximum absolute atomic E-state index is 12.3. The van der Waals surface area contributed by atoms with Crippen molar-refractivity contribution in [2.45, 2.75) is 19.4 Å². The monoisotopic (exact) mass is 350 g/mol. The highest BCUT2D eigenvalue weighted by molar-refractivity contribution is 7.16. The van der Waals surface area contributed by atoms with Crippen LogP contribution in [-0.4, -0.2) is 17.5 Å². The summed E-state index contributed by atoms with van der Waals surface area (Å²) in [4.78, 5) is 16.6. The molecule has 0 saturated heterocycles. The van der Waals surface area contributed by atoms with E-state index < -0.39 is 0 Å². The van der Waals surface area contributed by atoms with Crippen LogP contribution in [-0.2, 0) is 6.54 Å². The van der Waals surface area contributed by atoms with E-state index in [4.69, 9.17) is 11.2 Å². The summed E-state index contributed by atoms with van der Waals surface area (Å²) in [5, 5.41) is 2.94. The first-order chi connectivity index (χ1) is 12.3. The number of amides is 1. The lowest BCUT2D eigenvalue weighted by Gasteiger charge is -2.09. The summed E-state index contributed by atoms with van der Waals surface area (Å²) in [5.74, 6) is 3.28. The number of thiazole rings is 1. The van der Waals surface area contributed by atoms with Crippen molar-refractivity contribution in [3.8, 4) is 18.1 Å². The number of rotatable bonds is 7. The SMILES string of the molecule is C#CCCCOc1cccc(CNC(=O)c2ccc3ncsc3c2)c1. The molecule has 0 unspecified atom stereocenters. The van der Waals surface area contributed by atoms with E-state index in [2.05, 4.69) is 16.2 Å². The molecule has 5 heteroatoms. The molecule has 2 aromatic carbocycles. The quantitative estimate of drug-likeness (QED) is 0.517. The van der Waals surface area contributed by atoms with Gasteiger partial charge in [0, 0.05) is 18.5 Å². The Morgan fingerprint density at radius 2 is 2.20 bits per heavy atom. The van der Waals surface area contributed by atoms with Gasteiger partial charge in [0.1, 0.15) is 5.75 Å². The molecule has 0 aliphatic heterocycles. The van der Waals surface area contributed by atoms with Gasteiger partial charge in [-0.3, -0.25) is 4.79 Å². The Balaban J connectivity index is 1.57. The molecule has 1 aromatic heterocycles. The molecule has 1 amide bonds. The van der Waals surface area contributed by atoms with Crippen LogP contribution in [0.2, 0.25) is 0 Å². The van der Waals surface area contributed by atoms with Gasteiger partial charge in [0.2, 0.25) is 0 Å². The van der Waals surface area contributed by atoms with Crippen LogP contribution >= 0.6 is 11.3 Å². The normalized spacial score (nSPS) is 10.4. The van der Waals surface area contributed by atoms with Gasteiger partial charge < -0.3 is 10.1 Å². The number of carbonyl (C=O) groups is 1. The van der Waals surface area contributed by atoms with Crippen molar-refractivity contribution in [2.75, 3.05) is 6.61 Å². The number of unbranched alkanes of at least 4 members (excludes halogenated alkanes) is 1. The lowest BCUT2D eigenvalue weighted by Crippen LogP contribution is -2.22. The van der Waals surface area contributed by atoms with Gasteiger partial charge in [-0.2, -0.15) is 0 Å². The average molecular weight is 350 g/mol. The van der Waals surface area contributed by atoms with E-state index in [0.717, 1.165) is 28.0 Å². The highest BCUT2D eigenvalue weighted by Crippen LogP contribution is 2.19. The molecular formula is C20H18N2O2S. The van der Waals surface area contributed by atoms with Crippen molar-refractivity contribution in [3.05, 3.63) is 59.1 Å². The third-order valence-electron chi connectivity index (χ3n) is 3.68. The minimum atomic E-state index is -0.101. The van der Waals surface area contributed by atoms with E-state index in [1.165, 1.54) is 11.3 Å². The summed E-state index contributed by atoms with van der Waals surface area (Å²) >= 11 is 1.53. The van der Waals surface area contributed by atoms with Crippen LogP contribution < -0.4 is 10.1 Å². The number of terminal acetylenes is 1. The Hall–Kier alpha value is -2.84. The first-order valence-electron chi connectivity index (χ1n) is 8.03. The van der Waals surface area contributed by atoms with E-state index in [0.29, 0.717) is 25.1 Å². The number of hydrogen-bond donors (Lipinski definition) is 1. The zero-order valence-electron chi connectivity index (χ0n) is 13.7. The summed E-state index contributed by atoms with van der Waals surface area (Å²) < 4.78 is 6.67. The fraction of sp³-hybridized carbons (Fsp3) is 0.200. The van der Waals surface area contributed by atoms with E-state index in [1.54, 1.807) is 11.6 Å². The smallest absolute Gasteiger partial charge is 0.251 e. The first-order valence-corrected chi connectivity index (χ1v) is 8.91. The molecule has 0 bridgehead atoms. The Kier molecular flexibility index (Phi) is 5.65. The van der Waals surface area contributed by atoms with Crippen LogP contribution in [0.3, 0.4) is 0 Å². The number of fused-ring (bicyclic) bond motifs is 1. The number of hydrogen-bond acceptors (Lipinski definition) is 4. The molecule has 1 N–H and O–H groups in total. The van der Waals surface area contributed by atoms with Gasteiger partial charge in [0.15, 0.2) is 0 Å². The van der Waals surface area contributed by atoms with Crippen molar-refractivity contribution in [2.24, 2.45) is 0 Å². The summed E-state index contributed by atoms with van der Waals surface area (Å²) in [6.45, 7) is 1.04. The van der Waals surface area contributed by atoms with Gasteiger partial charge in [-0.25, -0.2) is 4.98 Å². The second-order valence-corrected chi connectivity index (χ2v) is 6.41. The maximum atomic E-state index is 12.3. The Bertz CT molecular complexity index is 911. The number of nitrogens with one attached hydrogen (secondary N) is 1. The van der Waals surface area contributed by atoms with E-state index in [9.17, 15) is 4.79 Å². The second-order valence-electron chi connectivity index (χ2n) is 5.52. The highest BCUT2D eigenvalue weighted by Gasteiger charge is 2.07. The van der Waals surface area contributed by atoms with Gasteiger partial charge in [0.05, 0.1) is 22.3 Å². The van der Waals surface area contributed by atoms with E-state index in [-0.39, 0.29) is 5.91 Å². The van der Waals surface area contributed by atoms with Crippen LogP contribution in [0.15, 0.2) is 48.0 Å². The van der Waals surface area contributed by atoms with Crippen molar-refractivity contribution >= 4 is 27.5 Å².